The van der Waals surface area contributed by atoms with Gasteiger partial charge in [0.1, 0.15) is 6.61 Å². The maximum atomic E-state index is 12.7. The highest BCUT2D eigenvalue weighted by Gasteiger charge is 2.17. The third-order valence-corrected chi connectivity index (χ3v) is 11.1. The monoisotopic (exact) mass is 765 g/mol. The first-order valence-corrected chi connectivity index (χ1v) is 24.6. The number of carbonyl (C=O) groups excluding carboxylic acids is 2. The van der Waals surface area contributed by atoms with Gasteiger partial charge in [-0.05, 0) is 19.3 Å². The van der Waals surface area contributed by atoms with Crippen LogP contribution in [0.1, 0.15) is 278 Å². The zero-order valence-corrected chi connectivity index (χ0v) is 37.0. The number of hydrogen-bond acceptors (Lipinski definition) is 5. The molecule has 54 heavy (non-hydrogen) atoms. The fraction of sp³-hybridized carbons (Fsp3) is 0.959. The van der Waals surface area contributed by atoms with Crippen molar-refractivity contribution >= 4 is 11.9 Å². The van der Waals surface area contributed by atoms with Crippen LogP contribution in [0.25, 0.3) is 0 Å². The van der Waals surface area contributed by atoms with Crippen LogP contribution in [0.15, 0.2) is 0 Å². The number of rotatable bonds is 46. The summed E-state index contributed by atoms with van der Waals surface area (Å²) in [6, 6.07) is 0. The quantitative estimate of drug-likeness (QED) is 0.0456. The third kappa shape index (κ3) is 43.6. The van der Waals surface area contributed by atoms with Crippen LogP contribution in [0.4, 0.5) is 0 Å². The maximum Gasteiger partial charge on any atom is 0.306 e. The fourth-order valence-corrected chi connectivity index (χ4v) is 7.45. The normalized spacial score (nSPS) is 12.0. The molecule has 0 saturated carbocycles. The van der Waals surface area contributed by atoms with Gasteiger partial charge in [0.15, 0.2) is 6.10 Å². The van der Waals surface area contributed by atoms with Gasteiger partial charge in [0.2, 0.25) is 0 Å². The van der Waals surface area contributed by atoms with Gasteiger partial charge in [-0.15, -0.1) is 0 Å². The molecular weight excluding hydrogens is 669 g/mol. The lowest BCUT2D eigenvalue weighted by atomic mass is 10.0. The minimum atomic E-state index is -0.520. The van der Waals surface area contributed by atoms with E-state index in [1.807, 2.05) is 0 Å². The summed E-state index contributed by atoms with van der Waals surface area (Å²) < 4.78 is 17.3. The van der Waals surface area contributed by atoms with Gasteiger partial charge in [0.25, 0.3) is 0 Å². The van der Waals surface area contributed by atoms with Gasteiger partial charge in [0.05, 0.1) is 6.61 Å². The van der Waals surface area contributed by atoms with E-state index in [1.165, 1.54) is 212 Å². The Labute approximate surface area is 338 Å². The van der Waals surface area contributed by atoms with Crippen molar-refractivity contribution in [3.05, 3.63) is 0 Å². The van der Waals surface area contributed by atoms with E-state index in [-0.39, 0.29) is 18.5 Å². The first-order valence-electron chi connectivity index (χ1n) is 24.6. The van der Waals surface area contributed by atoms with Crippen LogP contribution >= 0.6 is 0 Å². The predicted molar refractivity (Wildman–Crippen MR) is 233 cm³/mol. The molecule has 0 spiro atoms. The molecule has 322 valence electrons. The Morgan fingerprint density at radius 1 is 0.333 bits per heavy atom. The van der Waals surface area contributed by atoms with Crippen molar-refractivity contribution in [1.29, 1.82) is 0 Å². The second kappa shape index (κ2) is 46.3. The van der Waals surface area contributed by atoms with Gasteiger partial charge in [-0.3, -0.25) is 9.59 Å². The molecular formula is C49H96O5. The second-order valence-corrected chi connectivity index (χ2v) is 16.7. The molecule has 0 rings (SSSR count). The Morgan fingerprint density at radius 2 is 0.611 bits per heavy atom. The van der Waals surface area contributed by atoms with E-state index >= 15 is 0 Å². The van der Waals surface area contributed by atoms with Gasteiger partial charge in [-0.25, -0.2) is 0 Å². The summed E-state index contributed by atoms with van der Waals surface area (Å²) in [4.78, 5) is 25.2. The molecule has 0 heterocycles. The largest absolute Gasteiger partial charge is 0.462 e. The predicted octanol–water partition coefficient (Wildman–Crippen LogP) is 16.1. The highest BCUT2D eigenvalue weighted by Crippen LogP contribution is 2.16. The lowest BCUT2D eigenvalue weighted by Crippen LogP contribution is -2.30. The lowest BCUT2D eigenvalue weighted by Gasteiger charge is -2.18. The van der Waals surface area contributed by atoms with Gasteiger partial charge >= 0.3 is 11.9 Å². The van der Waals surface area contributed by atoms with E-state index in [2.05, 4.69) is 20.8 Å². The Morgan fingerprint density at radius 3 is 0.944 bits per heavy atom. The van der Waals surface area contributed by atoms with Crippen LogP contribution in [0.2, 0.25) is 0 Å². The molecule has 0 radical (unpaired) electrons. The van der Waals surface area contributed by atoms with Crippen LogP contribution < -0.4 is 0 Å². The van der Waals surface area contributed by atoms with Gasteiger partial charge in [0, 0.05) is 19.4 Å². The van der Waals surface area contributed by atoms with E-state index in [9.17, 15) is 9.59 Å². The Hall–Kier alpha value is -1.10. The van der Waals surface area contributed by atoms with Crippen molar-refractivity contribution in [2.24, 2.45) is 0 Å². The van der Waals surface area contributed by atoms with Crippen LogP contribution in [-0.2, 0) is 23.8 Å². The summed E-state index contributed by atoms with van der Waals surface area (Å²) in [5.41, 5.74) is 0. The van der Waals surface area contributed by atoms with Crippen LogP contribution in [0, 0.1) is 0 Å². The zero-order valence-electron chi connectivity index (χ0n) is 37.0. The first-order chi connectivity index (χ1) is 26.6. The molecule has 0 saturated heterocycles. The number of esters is 2. The van der Waals surface area contributed by atoms with Crippen LogP contribution in [0.5, 0.6) is 0 Å². The smallest absolute Gasteiger partial charge is 0.306 e. The molecule has 5 nitrogen and oxygen atoms in total. The van der Waals surface area contributed by atoms with Crippen molar-refractivity contribution in [2.45, 2.75) is 284 Å². The maximum absolute atomic E-state index is 12.7. The summed E-state index contributed by atoms with van der Waals surface area (Å²) in [5.74, 6) is -0.379. The molecule has 0 amide bonds. The fourth-order valence-electron chi connectivity index (χ4n) is 7.45. The standard InChI is InChI=1S/C49H96O5/c1-4-7-10-13-16-19-21-22-23-24-25-26-27-29-32-35-38-41-44-52-45-47(54-49(51)43-40-37-34-30-18-15-12-9-6-3)46-53-48(50)42-39-36-33-31-28-20-17-14-11-8-5-2/h47H,4-46H2,1-3H3. The number of ether oxygens (including phenoxy) is 3. The average Bonchev–Trinajstić information content (AvgIpc) is 3.17. The first kappa shape index (κ1) is 52.9. The van der Waals surface area contributed by atoms with Gasteiger partial charge in [-0.1, -0.05) is 245 Å². The summed E-state index contributed by atoms with van der Waals surface area (Å²) in [6.07, 6.45) is 49.7. The molecule has 0 aliphatic heterocycles. The highest BCUT2D eigenvalue weighted by atomic mass is 16.6. The minimum absolute atomic E-state index is 0.0967. The third-order valence-electron chi connectivity index (χ3n) is 11.1. The van der Waals surface area contributed by atoms with Gasteiger partial charge in [-0.2, -0.15) is 0 Å². The molecule has 1 unspecified atom stereocenters. The average molecular weight is 765 g/mol. The molecule has 0 fully saturated rings. The van der Waals surface area contributed by atoms with Crippen molar-refractivity contribution in [1.82, 2.24) is 0 Å². The number of hydrogen-bond donors (Lipinski definition) is 0. The molecule has 0 aromatic heterocycles. The SMILES string of the molecule is CCCCCCCCCCCCCCCCCCCCOCC(COC(=O)CCCCCCCCCCCCC)OC(=O)CCCCCCCCCCC. The van der Waals surface area contributed by atoms with E-state index in [4.69, 9.17) is 14.2 Å². The van der Waals surface area contributed by atoms with Gasteiger partial charge < -0.3 is 14.2 Å². The number of carbonyl (C=O) groups is 2. The van der Waals surface area contributed by atoms with E-state index in [0.717, 1.165) is 32.1 Å². The number of unbranched alkanes of at least 4 members (excludes halogenated alkanes) is 35. The molecule has 0 aliphatic carbocycles. The van der Waals surface area contributed by atoms with Crippen molar-refractivity contribution < 1.29 is 23.8 Å². The zero-order chi connectivity index (χ0) is 39.3. The Kier molecular flexibility index (Phi) is 45.3. The second-order valence-electron chi connectivity index (χ2n) is 16.7. The van der Waals surface area contributed by atoms with E-state index < -0.39 is 6.10 Å². The Bertz CT molecular complexity index is 740. The lowest BCUT2D eigenvalue weighted by molar-refractivity contribution is -0.163. The van der Waals surface area contributed by atoms with E-state index in [1.54, 1.807) is 0 Å². The van der Waals surface area contributed by atoms with Crippen molar-refractivity contribution in [2.75, 3.05) is 19.8 Å². The Balaban J connectivity index is 4.09. The molecule has 0 aromatic rings. The molecule has 0 N–H and O–H groups in total. The molecule has 0 bridgehead atoms. The summed E-state index contributed by atoms with van der Waals surface area (Å²) >= 11 is 0. The topological polar surface area (TPSA) is 61.8 Å². The molecule has 1 atom stereocenters. The summed E-state index contributed by atoms with van der Waals surface area (Å²) in [7, 11) is 0. The molecule has 5 heteroatoms. The van der Waals surface area contributed by atoms with Crippen molar-refractivity contribution in [3.63, 3.8) is 0 Å². The van der Waals surface area contributed by atoms with Crippen LogP contribution in [0.3, 0.4) is 0 Å². The summed E-state index contributed by atoms with van der Waals surface area (Å²) in [5, 5.41) is 0. The minimum Gasteiger partial charge on any atom is -0.462 e. The molecule has 0 aromatic carbocycles. The van der Waals surface area contributed by atoms with E-state index in [0.29, 0.717) is 26.1 Å². The highest BCUT2D eigenvalue weighted by molar-refractivity contribution is 5.70. The summed E-state index contributed by atoms with van der Waals surface area (Å²) in [6.45, 7) is 7.87. The van der Waals surface area contributed by atoms with Crippen molar-refractivity contribution in [3.8, 4) is 0 Å². The van der Waals surface area contributed by atoms with Crippen LogP contribution in [-0.4, -0.2) is 37.9 Å². The molecule has 0 aliphatic rings.